The summed E-state index contributed by atoms with van der Waals surface area (Å²) in [6.45, 7) is 3.88. The summed E-state index contributed by atoms with van der Waals surface area (Å²) in [5.41, 5.74) is 2.82. The van der Waals surface area contributed by atoms with Crippen molar-refractivity contribution >= 4 is 24.8 Å². The van der Waals surface area contributed by atoms with E-state index in [1.165, 1.54) is 0 Å². The first-order chi connectivity index (χ1) is 7.06. The second-order valence-electron chi connectivity index (χ2n) is 2.98. The first-order valence-corrected chi connectivity index (χ1v) is 8.55. The van der Waals surface area contributed by atoms with Crippen LogP contribution in [0.3, 0.4) is 0 Å². The molecular weight excluding hydrogens is 269 g/mol. The Morgan fingerprint density at radius 1 is 1.33 bits per heavy atom. The second kappa shape index (κ2) is 8.17. The molecule has 82 valence electrons. The molecule has 5 heteroatoms. The number of aryl methyl sites for hydroxylation is 2. The Balaban J connectivity index is 0.000000583. The van der Waals surface area contributed by atoms with Crippen LogP contribution in [0.2, 0.25) is 0 Å². The zero-order valence-electron chi connectivity index (χ0n) is 8.88. The van der Waals surface area contributed by atoms with Crippen molar-refractivity contribution in [3.63, 3.8) is 0 Å². The molecule has 0 heterocycles. The molecule has 1 aromatic rings. The second-order valence-corrected chi connectivity index (χ2v) is 5.56. The average molecular weight is 282 g/mol. The molecule has 0 bridgehead atoms. The van der Waals surface area contributed by atoms with Crippen LogP contribution < -0.4 is 0 Å². The van der Waals surface area contributed by atoms with Gasteiger partial charge in [0.2, 0.25) is 0 Å². The molecule has 0 amide bonds. The van der Waals surface area contributed by atoms with Crippen molar-refractivity contribution in [2.45, 2.75) is 13.8 Å². The topological polar surface area (TPSA) is 32.6 Å². The van der Waals surface area contributed by atoms with E-state index in [9.17, 15) is 5.11 Å². The fraction of sp³-hybridized carbons (Fsp3) is 0.300. The quantitative estimate of drug-likeness (QED) is 0.621. The summed E-state index contributed by atoms with van der Waals surface area (Å²) in [6.07, 6.45) is 1.66. The molecule has 1 aromatic carbocycles. The Hall–Kier alpha value is -0.0157. The SMILES string of the molecule is CN=Cc1cc(C)cc(C)c1O.[Cl][Ti][Cl]. The van der Waals surface area contributed by atoms with Crippen LogP contribution in [0.4, 0.5) is 0 Å². The summed E-state index contributed by atoms with van der Waals surface area (Å²) < 4.78 is 0. The van der Waals surface area contributed by atoms with Gasteiger partial charge >= 0.3 is 35.6 Å². The Morgan fingerprint density at radius 3 is 2.33 bits per heavy atom. The van der Waals surface area contributed by atoms with E-state index in [1.54, 1.807) is 13.3 Å². The molecule has 0 aliphatic carbocycles. The van der Waals surface area contributed by atoms with Crippen molar-refractivity contribution in [3.8, 4) is 5.75 Å². The van der Waals surface area contributed by atoms with Crippen molar-refractivity contribution in [1.29, 1.82) is 0 Å². The summed E-state index contributed by atoms with van der Waals surface area (Å²) in [5.74, 6) is 0.325. The van der Waals surface area contributed by atoms with Gasteiger partial charge in [0.05, 0.1) is 0 Å². The Labute approximate surface area is 107 Å². The molecule has 0 unspecified atom stereocenters. The van der Waals surface area contributed by atoms with E-state index in [4.69, 9.17) is 18.6 Å². The molecule has 0 aromatic heterocycles. The number of hydrogen-bond acceptors (Lipinski definition) is 2. The van der Waals surface area contributed by atoms with Gasteiger partial charge in [-0.15, -0.1) is 0 Å². The number of hydrogen-bond donors (Lipinski definition) is 1. The first kappa shape index (κ1) is 15.0. The molecule has 0 saturated heterocycles. The average Bonchev–Trinajstić information content (AvgIpc) is 2.15. The van der Waals surface area contributed by atoms with Crippen molar-refractivity contribution < 1.29 is 22.1 Å². The number of aliphatic imine (C=N–C) groups is 1. The Bertz CT molecular complexity index is 342. The standard InChI is InChI=1S/C10H13NO.2ClH.Ti/c1-7-4-8(2)10(12)9(5-7)6-11-3;;;/h4-6,12H,1-3H3;2*1H;/q;;;+2/p-2. The molecule has 0 atom stereocenters. The molecular formula is C10H13Cl2NOTi. The third kappa shape index (κ3) is 5.57. The number of rotatable bonds is 1. The summed E-state index contributed by atoms with van der Waals surface area (Å²) in [5, 5.41) is 9.56. The fourth-order valence-electron chi connectivity index (χ4n) is 1.23. The van der Waals surface area contributed by atoms with Crippen LogP contribution in [0.1, 0.15) is 16.7 Å². The van der Waals surface area contributed by atoms with E-state index in [2.05, 4.69) is 4.99 Å². The van der Waals surface area contributed by atoms with Crippen molar-refractivity contribution in [2.75, 3.05) is 7.05 Å². The van der Waals surface area contributed by atoms with Gasteiger partial charge in [-0.05, 0) is 31.0 Å². The van der Waals surface area contributed by atoms with Crippen LogP contribution in [0.5, 0.6) is 5.75 Å². The molecule has 0 saturated carbocycles. The molecule has 2 nitrogen and oxygen atoms in total. The van der Waals surface area contributed by atoms with Gasteiger partial charge < -0.3 is 5.11 Å². The summed E-state index contributed by atoms with van der Waals surface area (Å²) in [4.78, 5) is 3.86. The zero-order valence-corrected chi connectivity index (χ0v) is 12.0. The molecule has 1 rings (SSSR count). The van der Waals surface area contributed by atoms with Crippen LogP contribution >= 0.6 is 18.6 Å². The van der Waals surface area contributed by atoms with E-state index >= 15 is 0 Å². The zero-order chi connectivity index (χ0) is 11.8. The van der Waals surface area contributed by atoms with Crippen LogP contribution in [-0.2, 0) is 17.0 Å². The minimum absolute atomic E-state index is 0.325. The number of halogens is 2. The van der Waals surface area contributed by atoms with Gasteiger partial charge in [-0.25, -0.2) is 0 Å². The van der Waals surface area contributed by atoms with Gasteiger partial charge in [-0.1, -0.05) is 6.07 Å². The maximum atomic E-state index is 9.56. The summed E-state index contributed by atoms with van der Waals surface area (Å²) >= 11 is -0.556. The molecule has 0 aliphatic heterocycles. The van der Waals surface area contributed by atoms with Gasteiger partial charge in [-0.2, -0.15) is 0 Å². The third-order valence-electron chi connectivity index (χ3n) is 1.74. The number of phenols is 1. The van der Waals surface area contributed by atoms with Crippen molar-refractivity contribution in [2.24, 2.45) is 4.99 Å². The van der Waals surface area contributed by atoms with Crippen LogP contribution in [-0.4, -0.2) is 18.4 Å². The minimum atomic E-state index is -0.556. The first-order valence-electron chi connectivity index (χ1n) is 4.25. The predicted molar refractivity (Wildman–Crippen MR) is 62.8 cm³/mol. The Kier molecular flexibility index (Phi) is 8.16. The fourth-order valence-corrected chi connectivity index (χ4v) is 1.23. The van der Waals surface area contributed by atoms with E-state index < -0.39 is 17.0 Å². The monoisotopic (exact) mass is 281 g/mol. The molecule has 0 fully saturated rings. The number of nitrogens with zero attached hydrogens (tertiary/aromatic N) is 1. The van der Waals surface area contributed by atoms with Gasteiger partial charge in [0, 0.05) is 18.8 Å². The van der Waals surface area contributed by atoms with E-state index in [0.717, 1.165) is 16.7 Å². The number of phenolic OH excluding ortho intramolecular Hbond substituents is 1. The molecule has 0 aliphatic rings. The molecule has 0 spiro atoms. The van der Waals surface area contributed by atoms with Gasteiger partial charge in [0.1, 0.15) is 5.75 Å². The third-order valence-corrected chi connectivity index (χ3v) is 1.74. The number of benzene rings is 1. The summed E-state index contributed by atoms with van der Waals surface area (Å²) in [7, 11) is 11.5. The maximum absolute atomic E-state index is 9.56. The van der Waals surface area contributed by atoms with E-state index in [1.807, 2.05) is 26.0 Å². The van der Waals surface area contributed by atoms with Crippen LogP contribution in [0.15, 0.2) is 17.1 Å². The Morgan fingerprint density at radius 2 is 1.87 bits per heavy atom. The van der Waals surface area contributed by atoms with E-state index in [-0.39, 0.29) is 0 Å². The van der Waals surface area contributed by atoms with Crippen LogP contribution in [0, 0.1) is 13.8 Å². The van der Waals surface area contributed by atoms with Crippen molar-refractivity contribution in [1.82, 2.24) is 0 Å². The predicted octanol–water partition coefficient (Wildman–Crippen LogP) is 3.43. The van der Waals surface area contributed by atoms with Crippen molar-refractivity contribution in [3.05, 3.63) is 28.8 Å². The normalized spacial score (nSPS) is 9.67. The van der Waals surface area contributed by atoms with Crippen LogP contribution in [0.25, 0.3) is 0 Å². The van der Waals surface area contributed by atoms with Gasteiger partial charge in [0.15, 0.2) is 0 Å². The molecule has 0 radical (unpaired) electrons. The molecule has 1 N–H and O–H groups in total. The van der Waals surface area contributed by atoms with E-state index in [0.29, 0.717) is 5.75 Å². The molecule has 15 heavy (non-hydrogen) atoms. The van der Waals surface area contributed by atoms with Gasteiger partial charge in [0.25, 0.3) is 0 Å². The van der Waals surface area contributed by atoms with Gasteiger partial charge in [-0.3, -0.25) is 4.99 Å². The number of aromatic hydroxyl groups is 1. The summed E-state index contributed by atoms with van der Waals surface area (Å²) in [6, 6.07) is 3.86.